The van der Waals surface area contributed by atoms with Crippen molar-refractivity contribution >= 4 is 23.6 Å². The van der Waals surface area contributed by atoms with Crippen LogP contribution in [0, 0.1) is 11.7 Å². The van der Waals surface area contributed by atoms with E-state index in [4.69, 9.17) is 10.5 Å². The van der Waals surface area contributed by atoms with Gasteiger partial charge in [-0.2, -0.15) is 0 Å². The number of likely N-dealkylation sites (tertiary alicyclic amines) is 1. The lowest BCUT2D eigenvalue weighted by Crippen LogP contribution is -2.57. The highest BCUT2D eigenvalue weighted by atomic mass is 19.1. The summed E-state index contributed by atoms with van der Waals surface area (Å²) in [7, 11) is 0. The topological polar surface area (TPSA) is 117 Å². The number of benzene rings is 1. The molecule has 5 rings (SSSR count). The van der Waals surface area contributed by atoms with Crippen LogP contribution in [0.4, 0.5) is 14.9 Å². The van der Waals surface area contributed by atoms with Gasteiger partial charge in [0, 0.05) is 36.8 Å². The van der Waals surface area contributed by atoms with Crippen LogP contribution in [0.25, 0.3) is 0 Å². The number of nitrogens with zero attached hydrogens (tertiary/aromatic N) is 2. The molecule has 9 nitrogen and oxygen atoms in total. The second-order valence-corrected chi connectivity index (χ2v) is 11.9. The monoisotopic (exact) mass is 515 g/mol. The molecule has 3 aliphatic heterocycles. The zero-order valence-electron chi connectivity index (χ0n) is 21.8. The lowest BCUT2D eigenvalue weighted by Gasteiger charge is -2.36. The highest BCUT2D eigenvalue weighted by molar-refractivity contribution is 5.91. The van der Waals surface area contributed by atoms with E-state index < -0.39 is 41.4 Å². The van der Waals surface area contributed by atoms with Gasteiger partial charge in [-0.15, -0.1) is 0 Å². The maximum atomic E-state index is 15.2. The minimum Gasteiger partial charge on any atom is -0.444 e. The van der Waals surface area contributed by atoms with Gasteiger partial charge in [-0.25, -0.2) is 9.18 Å². The van der Waals surface area contributed by atoms with Gasteiger partial charge in [0.05, 0.1) is 0 Å². The molecule has 10 heteroatoms. The molecule has 202 valence electrons. The molecule has 1 aromatic rings. The van der Waals surface area contributed by atoms with E-state index in [9.17, 15) is 14.4 Å². The van der Waals surface area contributed by atoms with Crippen LogP contribution >= 0.6 is 0 Å². The Hall–Kier alpha value is -2.88. The highest BCUT2D eigenvalue weighted by Crippen LogP contribution is 2.43. The van der Waals surface area contributed by atoms with Gasteiger partial charge < -0.3 is 26.0 Å². The predicted octanol–water partition coefficient (Wildman–Crippen LogP) is 2.07. The largest absolute Gasteiger partial charge is 0.444 e. The highest BCUT2D eigenvalue weighted by Gasteiger charge is 2.52. The van der Waals surface area contributed by atoms with E-state index in [1.54, 1.807) is 26.8 Å². The summed E-state index contributed by atoms with van der Waals surface area (Å²) in [5.41, 5.74) is 6.07. The summed E-state index contributed by atoms with van der Waals surface area (Å²) < 4.78 is 20.7. The Morgan fingerprint density at radius 1 is 1.22 bits per heavy atom. The fourth-order valence-corrected chi connectivity index (χ4v) is 6.67. The van der Waals surface area contributed by atoms with Crippen LogP contribution in [0.2, 0.25) is 0 Å². The number of nitrogens with two attached hydrogens (primary N) is 1. The zero-order valence-corrected chi connectivity index (χ0v) is 21.8. The molecule has 4 aliphatic rings. The maximum absolute atomic E-state index is 15.2. The molecule has 1 aromatic carbocycles. The van der Waals surface area contributed by atoms with Crippen LogP contribution in [0.3, 0.4) is 0 Å². The van der Waals surface area contributed by atoms with E-state index in [0.29, 0.717) is 17.6 Å². The predicted molar refractivity (Wildman–Crippen MR) is 136 cm³/mol. The van der Waals surface area contributed by atoms with Crippen molar-refractivity contribution in [2.45, 2.75) is 95.1 Å². The third-order valence-electron chi connectivity index (χ3n) is 8.30. The lowest BCUT2D eigenvalue weighted by atomic mass is 9.97. The first-order valence-corrected chi connectivity index (χ1v) is 13.4. The van der Waals surface area contributed by atoms with Crippen molar-refractivity contribution in [2.24, 2.45) is 11.7 Å². The van der Waals surface area contributed by atoms with Gasteiger partial charge >= 0.3 is 6.09 Å². The number of nitrogens with one attached hydrogen (secondary N) is 2. The van der Waals surface area contributed by atoms with Gasteiger partial charge in [-0.3, -0.25) is 14.5 Å². The normalized spacial score (nSPS) is 29.4. The number of carbonyl (C=O) groups excluding carboxylic acids is 3. The molecule has 1 saturated carbocycles. The lowest BCUT2D eigenvalue weighted by molar-refractivity contribution is -0.132. The molecule has 6 atom stereocenters. The van der Waals surface area contributed by atoms with Gasteiger partial charge in [0.25, 0.3) is 0 Å². The van der Waals surface area contributed by atoms with E-state index in [1.165, 1.54) is 11.0 Å². The zero-order chi connectivity index (χ0) is 26.5. The number of halogens is 1. The van der Waals surface area contributed by atoms with Crippen molar-refractivity contribution in [1.82, 2.24) is 15.5 Å². The number of anilines is 1. The number of hydrogen-bond donors (Lipinski definition) is 3. The number of amides is 3. The molecule has 3 saturated heterocycles. The summed E-state index contributed by atoms with van der Waals surface area (Å²) in [6, 6.07) is 3.99. The molecular formula is C27H38FN5O4. The Kier molecular flexibility index (Phi) is 6.81. The SMILES string of the molecule is CC(C)(C)OC(=O)N1C2CCC(C2)[C@H]1C(=O)N[C@@H](Cc1ccc(N2CCC3NCCC32)cc1F)C(N)=O. The number of fused-ring (bicyclic) bond motifs is 3. The van der Waals surface area contributed by atoms with Crippen LogP contribution in [-0.2, 0) is 20.7 Å². The van der Waals surface area contributed by atoms with Crippen LogP contribution in [0.1, 0.15) is 58.4 Å². The first kappa shape index (κ1) is 25.8. The van der Waals surface area contributed by atoms with Gasteiger partial charge in [0.2, 0.25) is 11.8 Å². The minimum atomic E-state index is -1.09. The molecule has 1 aliphatic carbocycles. The van der Waals surface area contributed by atoms with Gasteiger partial charge in [-0.1, -0.05) is 6.07 Å². The Morgan fingerprint density at radius 3 is 2.70 bits per heavy atom. The number of primary amides is 1. The van der Waals surface area contributed by atoms with Gasteiger partial charge in [0.1, 0.15) is 23.5 Å². The number of ether oxygens (including phenoxy) is 1. The van der Waals surface area contributed by atoms with Crippen molar-refractivity contribution < 1.29 is 23.5 Å². The molecule has 3 amide bonds. The molecule has 3 heterocycles. The molecule has 0 radical (unpaired) electrons. The van der Waals surface area contributed by atoms with E-state index in [2.05, 4.69) is 15.5 Å². The van der Waals surface area contributed by atoms with Gasteiger partial charge in [0.15, 0.2) is 0 Å². The number of hydrogen-bond acceptors (Lipinski definition) is 6. The molecule has 4 unspecified atom stereocenters. The average molecular weight is 516 g/mol. The third-order valence-corrected chi connectivity index (χ3v) is 8.30. The summed E-state index contributed by atoms with van der Waals surface area (Å²) in [5, 5.41) is 6.21. The summed E-state index contributed by atoms with van der Waals surface area (Å²) in [5.74, 6) is -1.63. The molecule has 0 aromatic heterocycles. The first-order chi connectivity index (χ1) is 17.5. The van der Waals surface area contributed by atoms with Crippen LogP contribution in [0.5, 0.6) is 0 Å². The molecule has 37 heavy (non-hydrogen) atoms. The quantitative estimate of drug-likeness (QED) is 0.534. The first-order valence-electron chi connectivity index (χ1n) is 13.4. The number of piperidine rings is 1. The fourth-order valence-electron chi connectivity index (χ4n) is 6.67. The summed E-state index contributed by atoms with van der Waals surface area (Å²) >= 11 is 0. The summed E-state index contributed by atoms with van der Waals surface area (Å²) in [4.78, 5) is 42.3. The molecule has 0 spiro atoms. The fraction of sp³-hybridized carbons (Fsp3) is 0.667. The van der Waals surface area contributed by atoms with Crippen molar-refractivity contribution in [3.8, 4) is 0 Å². The molecule has 4 N–H and O–H groups in total. The second kappa shape index (κ2) is 9.78. The van der Waals surface area contributed by atoms with Crippen molar-refractivity contribution in [2.75, 3.05) is 18.0 Å². The molecular weight excluding hydrogens is 477 g/mol. The van der Waals surface area contributed by atoms with Crippen molar-refractivity contribution in [3.05, 3.63) is 29.6 Å². The van der Waals surface area contributed by atoms with Gasteiger partial charge in [-0.05, 0) is 83.0 Å². The molecule has 4 fully saturated rings. The number of carbonyl (C=O) groups is 3. The van der Waals surface area contributed by atoms with E-state index >= 15 is 4.39 Å². The Labute approximate surface area is 217 Å². The van der Waals surface area contributed by atoms with E-state index in [0.717, 1.165) is 50.9 Å². The Bertz CT molecular complexity index is 1080. The van der Waals surface area contributed by atoms with Crippen LogP contribution < -0.4 is 21.3 Å². The maximum Gasteiger partial charge on any atom is 0.411 e. The smallest absolute Gasteiger partial charge is 0.411 e. The van der Waals surface area contributed by atoms with Crippen LogP contribution in [-0.4, -0.2) is 71.7 Å². The summed E-state index contributed by atoms with van der Waals surface area (Å²) in [6.45, 7) is 7.19. The number of rotatable bonds is 6. The van der Waals surface area contributed by atoms with E-state index in [1.807, 2.05) is 6.07 Å². The third kappa shape index (κ3) is 5.12. The Balaban J connectivity index is 1.28. The minimum absolute atomic E-state index is 0.00331. The van der Waals surface area contributed by atoms with E-state index in [-0.39, 0.29) is 18.4 Å². The van der Waals surface area contributed by atoms with Crippen molar-refractivity contribution in [3.63, 3.8) is 0 Å². The molecule has 2 bridgehead atoms. The Morgan fingerprint density at radius 2 is 2.00 bits per heavy atom. The van der Waals surface area contributed by atoms with Crippen LogP contribution in [0.15, 0.2) is 18.2 Å². The standard InChI is InChI=1S/C27H38FN5O4/c1-27(2,3)37-26(36)33-18-7-5-16(12-18)23(33)25(35)31-21(24(29)34)13-15-4-6-17(14-19(15)28)32-11-9-20-22(32)8-10-30-20/h4,6,14,16,18,20-23,30H,5,7-13H2,1-3H3,(H2,29,34)(H,31,35)/t16?,18?,20?,21-,22?,23-/m0/s1. The summed E-state index contributed by atoms with van der Waals surface area (Å²) in [6.07, 6.45) is 3.85. The van der Waals surface area contributed by atoms with Crippen molar-refractivity contribution in [1.29, 1.82) is 0 Å². The second-order valence-electron chi connectivity index (χ2n) is 11.9. The average Bonchev–Trinajstić information content (AvgIpc) is 3.59.